The van der Waals surface area contributed by atoms with E-state index in [-0.39, 0.29) is 6.09 Å². The van der Waals surface area contributed by atoms with Gasteiger partial charge in [0, 0.05) is 30.3 Å². The zero-order valence-electron chi connectivity index (χ0n) is 20.5. The first-order valence-electron chi connectivity index (χ1n) is 10.8. The summed E-state index contributed by atoms with van der Waals surface area (Å²) in [6, 6.07) is 9.10. The molecule has 0 aliphatic carbocycles. The minimum absolute atomic E-state index is 0.337. The smallest absolute Gasteiger partial charge is 0.410 e. The van der Waals surface area contributed by atoms with Gasteiger partial charge in [-0.25, -0.2) is 4.79 Å². The topological polar surface area (TPSA) is 74.2 Å². The molecule has 0 fully saturated rings. The molecule has 2 aromatic carbocycles. The number of hydrogen-bond acceptors (Lipinski definition) is 5. The zero-order valence-corrected chi connectivity index (χ0v) is 22.8. The molecule has 1 aliphatic rings. The first-order chi connectivity index (χ1) is 15.7. The van der Waals surface area contributed by atoms with E-state index in [0.29, 0.717) is 40.2 Å². The molecule has 1 amide bonds. The van der Waals surface area contributed by atoms with E-state index < -0.39 is 21.7 Å². The van der Waals surface area contributed by atoms with Crippen LogP contribution in [0.4, 0.5) is 4.79 Å². The summed E-state index contributed by atoms with van der Waals surface area (Å²) in [7, 11) is 1.53. The fourth-order valence-electron chi connectivity index (χ4n) is 3.36. The first-order valence-corrected chi connectivity index (χ1v) is 12.7. The zero-order chi connectivity index (χ0) is 25.4. The van der Waals surface area contributed by atoms with E-state index in [1.54, 1.807) is 17.0 Å². The average molecular weight is 525 g/mol. The molecular formula is C25H30Cl2N2O4S. The predicted molar refractivity (Wildman–Crippen MR) is 138 cm³/mol. The van der Waals surface area contributed by atoms with Crippen molar-refractivity contribution < 1.29 is 18.8 Å². The van der Waals surface area contributed by atoms with Crippen molar-refractivity contribution in [3.05, 3.63) is 62.6 Å². The van der Waals surface area contributed by atoms with Crippen molar-refractivity contribution in [3.63, 3.8) is 0 Å². The van der Waals surface area contributed by atoms with Crippen molar-refractivity contribution in [2.24, 2.45) is 4.40 Å². The highest BCUT2D eigenvalue weighted by atomic mass is 35.5. The molecule has 2 aromatic rings. The number of rotatable bonds is 4. The van der Waals surface area contributed by atoms with Crippen LogP contribution >= 0.6 is 23.2 Å². The van der Waals surface area contributed by atoms with Gasteiger partial charge in [0.05, 0.1) is 17.2 Å². The second-order valence-corrected chi connectivity index (χ2v) is 12.8. The molecular weight excluding hydrogens is 495 g/mol. The first kappa shape index (κ1) is 26.7. The van der Waals surface area contributed by atoms with Crippen LogP contribution in [0.5, 0.6) is 5.75 Å². The highest BCUT2D eigenvalue weighted by Gasteiger charge is 2.31. The van der Waals surface area contributed by atoms with Gasteiger partial charge >= 0.3 is 6.09 Å². The molecule has 1 heterocycles. The highest BCUT2D eigenvalue weighted by molar-refractivity contribution is 7.91. The lowest BCUT2D eigenvalue weighted by Gasteiger charge is -2.24. The number of carbonyl (C=O) groups excluding carboxylic acids is 1. The quantitative estimate of drug-likeness (QED) is 0.335. The number of nitrogens with zero attached hydrogens (tertiary/aromatic N) is 2. The average Bonchev–Trinajstić information content (AvgIpc) is 3.15. The third kappa shape index (κ3) is 6.19. The molecule has 0 bridgehead atoms. The van der Waals surface area contributed by atoms with Crippen molar-refractivity contribution >= 4 is 46.4 Å². The van der Waals surface area contributed by atoms with Gasteiger partial charge in [0.2, 0.25) is 0 Å². The van der Waals surface area contributed by atoms with Crippen LogP contribution in [0.15, 0.2) is 34.7 Å². The Balaban J connectivity index is 2.06. The lowest BCUT2D eigenvalue weighted by atomic mass is 9.98. The van der Waals surface area contributed by atoms with Gasteiger partial charge in [-0.3, -0.25) is 4.90 Å². The monoisotopic (exact) mass is 524 g/mol. The van der Waals surface area contributed by atoms with Gasteiger partial charge in [-0.15, -0.1) is 0 Å². The maximum Gasteiger partial charge on any atom is 0.410 e. The molecule has 0 radical (unpaired) electrons. The molecule has 0 saturated heterocycles. The van der Waals surface area contributed by atoms with Crippen LogP contribution in [0.1, 0.15) is 63.8 Å². The molecule has 34 heavy (non-hydrogen) atoms. The second-order valence-electron chi connectivity index (χ2n) is 10.1. The summed E-state index contributed by atoms with van der Waals surface area (Å²) in [4.78, 5) is 14.2. The lowest BCUT2D eigenvalue weighted by molar-refractivity contribution is 0.0242. The second kappa shape index (κ2) is 9.97. The predicted octanol–water partition coefficient (Wildman–Crippen LogP) is 6.55. The van der Waals surface area contributed by atoms with Gasteiger partial charge in [0.1, 0.15) is 33.2 Å². The molecule has 3 rings (SSSR count). The number of benzene rings is 2. The molecule has 1 aliphatic heterocycles. The largest absolute Gasteiger partial charge is 0.591 e. The molecule has 0 saturated carbocycles. The molecule has 1 atom stereocenters. The van der Waals surface area contributed by atoms with Crippen molar-refractivity contribution in [2.45, 2.75) is 65.0 Å². The fraction of sp³-hybridized carbons (Fsp3) is 0.440. The Bertz CT molecular complexity index is 1120. The van der Waals surface area contributed by atoms with Crippen molar-refractivity contribution in [1.82, 2.24) is 4.90 Å². The standard InChI is InChI=1S/C25H30Cl2N2O4S/c1-24(2,3)33-23(30)29-13-16-9-8-15(10-17(16)14-29)22(28-34(31)25(4,5)6)18-11-19(26)20(27)12-21(18)32-7/h8-12H,13-14H2,1-7H3/b28-22+. The lowest BCUT2D eigenvalue weighted by Crippen LogP contribution is -2.33. The van der Waals surface area contributed by atoms with Gasteiger partial charge in [-0.05, 0) is 64.8 Å². The Morgan fingerprint density at radius 1 is 1.03 bits per heavy atom. The fourth-order valence-corrected chi connectivity index (χ4v) is 4.32. The normalized spacial score (nSPS) is 15.2. The van der Waals surface area contributed by atoms with E-state index >= 15 is 0 Å². The van der Waals surface area contributed by atoms with Crippen LogP contribution in [-0.4, -0.2) is 38.7 Å². The third-order valence-electron chi connectivity index (χ3n) is 5.05. The summed E-state index contributed by atoms with van der Waals surface area (Å²) < 4.78 is 28.1. The Kier molecular flexibility index (Phi) is 7.82. The number of halogens is 2. The third-order valence-corrected chi connectivity index (χ3v) is 7.17. The van der Waals surface area contributed by atoms with Crippen molar-refractivity contribution in [1.29, 1.82) is 0 Å². The highest BCUT2D eigenvalue weighted by Crippen LogP contribution is 2.34. The summed E-state index contributed by atoms with van der Waals surface area (Å²) in [5.74, 6) is 0.468. The van der Waals surface area contributed by atoms with Crippen LogP contribution in [0, 0.1) is 0 Å². The summed E-state index contributed by atoms with van der Waals surface area (Å²) in [5, 5.41) is 0.685. The Hall–Kier alpha value is -1.93. The molecule has 1 unspecified atom stereocenters. The van der Waals surface area contributed by atoms with Crippen LogP contribution in [0.3, 0.4) is 0 Å². The Morgan fingerprint density at radius 3 is 2.24 bits per heavy atom. The number of amides is 1. The van der Waals surface area contributed by atoms with Gasteiger partial charge < -0.3 is 14.0 Å². The minimum Gasteiger partial charge on any atom is -0.591 e. The molecule has 0 aromatic heterocycles. The number of ether oxygens (including phenoxy) is 2. The molecule has 9 heteroatoms. The summed E-state index contributed by atoms with van der Waals surface area (Å²) >= 11 is 11.0. The van der Waals surface area contributed by atoms with Gasteiger partial charge in [0.25, 0.3) is 0 Å². The minimum atomic E-state index is -1.54. The number of carbonyl (C=O) groups is 1. The number of fused-ring (bicyclic) bond motifs is 1. The summed E-state index contributed by atoms with van der Waals surface area (Å²) in [6.07, 6.45) is -0.362. The van der Waals surface area contributed by atoms with Crippen molar-refractivity contribution in [2.75, 3.05) is 7.11 Å². The molecule has 184 valence electrons. The van der Waals surface area contributed by atoms with E-state index in [9.17, 15) is 9.35 Å². The number of methoxy groups -OCH3 is 1. The summed E-state index contributed by atoms with van der Waals surface area (Å²) in [5.41, 5.74) is 3.21. The maximum atomic E-state index is 13.0. The van der Waals surface area contributed by atoms with E-state index in [2.05, 4.69) is 4.40 Å². The van der Waals surface area contributed by atoms with E-state index in [1.165, 1.54) is 7.11 Å². The van der Waals surface area contributed by atoms with Crippen LogP contribution < -0.4 is 4.74 Å². The molecule has 0 spiro atoms. The molecule has 6 nitrogen and oxygen atoms in total. The Labute approximate surface area is 214 Å². The van der Waals surface area contributed by atoms with Crippen LogP contribution in [-0.2, 0) is 29.2 Å². The van der Waals surface area contributed by atoms with Crippen LogP contribution in [0.25, 0.3) is 0 Å². The molecule has 0 N–H and O–H groups in total. The Morgan fingerprint density at radius 2 is 1.65 bits per heavy atom. The SMILES string of the molecule is COc1cc(Cl)c(Cl)cc1/C(=N/[S+]([O-])C(C)(C)C)c1ccc2c(c1)CN(C(=O)OC(C)(C)C)C2. The van der Waals surface area contributed by atoms with Gasteiger partial charge in [-0.2, -0.15) is 0 Å². The van der Waals surface area contributed by atoms with Gasteiger partial charge in [0.15, 0.2) is 0 Å². The van der Waals surface area contributed by atoms with Gasteiger partial charge in [-0.1, -0.05) is 39.7 Å². The van der Waals surface area contributed by atoms with Crippen molar-refractivity contribution in [3.8, 4) is 5.75 Å². The summed E-state index contributed by atoms with van der Waals surface area (Å²) in [6.45, 7) is 12.0. The van der Waals surface area contributed by atoms with E-state index in [0.717, 1.165) is 16.7 Å². The van der Waals surface area contributed by atoms with E-state index in [1.807, 2.05) is 59.7 Å². The maximum absolute atomic E-state index is 13.0. The van der Waals surface area contributed by atoms with Crippen LogP contribution in [0.2, 0.25) is 10.0 Å². The number of hydrogen-bond donors (Lipinski definition) is 0. The van der Waals surface area contributed by atoms with E-state index in [4.69, 9.17) is 32.7 Å².